The van der Waals surface area contributed by atoms with Gasteiger partial charge in [-0.25, -0.2) is 0 Å². The predicted octanol–water partition coefficient (Wildman–Crippen LogP) is 9.44. The zero-order valence-electron chi connectivity index (χ0n) is 19.7. The molecule has 0 bridgehead atoms. The van der Waals surface area contributed by atoms with E-state index < -0.39 is 0 Å². The molecule has 1 aromatic heterocycles. The van der Waals surface area contributed by atoms with Crippen LogP contribution in [0.5, 0.6) is 5.75 Å². The summed E-state index contributed by atoms with van der Waals surface area (Å²) in [5.74, 6) is 0.850. The molecule has 6 aromatic rings. The van der Waals surface area contributed by atoms with Gasteiger partial charge in [-0.2, -0.15) is 0 Å². The standard InChI is InChI=1S/C33H24BrNO/c1-2-23-7-9-24(10-8-23)22-36-29-18-16-28(17-19-29)35-32-6-4-3-5-30(32)31-20-13-26(21-33(31)35)25-11-14-27(34)15-12-25/h2-21H,1,22H2. The topological polar surface area (TPSA) is 14.2 Å². The van der Waals surface area contributed by atoms with Crippen LogP contribution in [0, 0.1) is 0 Å². The molecule has 3 heteroatoms. The highest BCUT2D eigenvalue weighted by Gasteiger charge is 2.13. The number of para-hydroxylation sites is 1. The molecule has 0 radical (unpaired) electrons. The molecule has 0 saturated heterocycles. The summed E-state index contributed by atoms with van der Waals surface area (Å²) in [4.78, 5) is 0. The molecule has 0 aliphatic heterocycles. The van der Waals surface area contributed by atoms with Crippen LogP contribution in [0.25, 0.3) is 44.7 Å². The Balaban J connectivity index is 1.36. The molecule has 0 fully saturated rings. The van der Waals surface area contributed by atoms with Crippen LogP contribution in [0.15, 0.2) is 126 Å². The average molecular weight is 530 g/mol. The Morgan fingerprint density at radius 2 is 1.39 bits per heavy atom. The van der Waals surface area contributed by atoms with Crippen molar-refractivity contribution in [3.63, 3.8) is 0 Å². The molecule has 0 N–H and O–H groups in total. The first-order valence-corrected chi connectivity index (χ1v) is 12.7. The van der Waals surface area contributed by atoms with E-state index in [0.29, 0.717) is 6.61 Å². The highest BCUT2D eigenvalue weighted by atomic mass is 79.9. The highest BCUT2D eigenvalue weighted by Crippen LogP contribution is 2.35. The van der Waals surface area contributed by atoms with Gasteiger partial charge >= 0.3 is 0 Å². The predicted molar refractivity (Wildman–Crippen MR) is 155 cm³/mol. The maximum Gasteiger partial charge on any atom is 0.119 e. The fraction of sp³-hybridized carbons (Fsp3) is 0.0303. The summed E-state index contributed by atoms with van der Waals surface area (Å²) in [7, 11) is 0. The number of rotatable bonds is 6. The monoisotopic (exact) mass is 529 g/mol. The van der Waals surface area contributed by atoms with Crippen molar-refractivity contribution in [1.29, 1.82) is 0 Å². The SMILES string of the molecule is C=Cc1ccc(COc2ccc(-n3c4ccccc4c4ccc(-c5ccc(Br)cc5)cc43)cc2)cc1. The lowest BCUT2D eigenvalue weighted by Gasteiger charge is -2.11. The zero-order chi connectivity index (χ0) is 24.5. The minimum atomic E-state index is 0.530. The molecule has 0 aliphatic carbocycles. The van der Waals surface area contributed by atoms with Crippen LogP contribution >= 0.6 is 15.9 Å². The Kier molecular flexibility index (Phi) is 5.92. The molecule has 1 heterocycles. The van der Waals surface area contributed by atoms with Crippen molar-refractivity contribution in [3.05, 3.63) is 137 Å². The third kappa shape index (κ3) is 4.23. The van der Waals surface area contributed by atoms with E-state index in [-0.39, 0.29) is 0 Å². The normalized spacial score (nSPS) is 11.1. The lowest BCUT2D eigenvalue weighted by molar-refractivity contribution is 0.306. The largest absolute Gasteiger partial charge is 0.489 e. The molecule has 0 aliphatic rings. The van der Waals surface area contributed by atoms with E-state index in [9.17, 15) is 0 Å². The van der Waals surface area contributed by atoms with Gasteiger partial charge in [-0.15, -0.1) is 0 Å². The van der Waals surface area contributed by atoms with E-state index in [2.05, 4.69) is 130 Å². The number of nitrogens with zero attached hydrogens (tertiary/aromatic N) is 1. The van der Waals surface area contributed by atoms with Crippen molar-refractivity contribution in [2.24, 2.45) is 0 Å². The lowest BCUT2D eigenvalue weighted by Crippen LogP contribution is -1.97. The van der Waals surface area contributed by atoms with E-state index in [1.807, 2.05) is 18.2 Å². The van der Waals surface area contributed by atoms with Crippen LogP contribution in [0.1, 0.15) is 11.1 Å². The molecule has 0 unspecified atom stereocenters. The zero-order valence-corrected chi connectivity index (χ0v) is 21.3. The Morgan fingerprint density at radius 1 is 0.694 bits per heavy atom. The summed E-state index contributed by atoms with van der Waals surface area (Å²) in [6, 6.07) is 40.4. The number of halogens is 1. The van der Waals surface area contributed by atoms with Crippen molar-refractivity contribution < 1.29 is 4.74 Å². The molecule has 36 heavy (non-hydrogen) atoms. The van der Waals surface area contributed by atoms with E-state index in [1.165, 1.54) is 32.9 Å². The van der Waals surface area contributed by atoms with Crippen LogP contribution in [-0.2, 0) is 6.61 Å². The van der Waals surface area contributed by atoms with Gasteiger partial charge in [0.2, 0.25) is 0 Å². The van der Waals surface area contributed by atoms with Gasteiger partial charge in [0.1, 0.15) is 12.4 Å². The molecule has 6 rings (SSSR count). The number of fused-ring (bicyclic) bond motifs is 3. The Bertz CT molecular complexity index is 1680. The number of ether oxygens (including phenoxy) is 1. The van der Waals surface area contributed by atoms with Crippen LogP contribution in [0.4, 0.5) is 0 Å². The second-order valence-electron chi connectivity index (χ2n) is 8.82. The van der Waals surface area contributed by atoms with Crippen LogP contribution < -0.4 is 4.74 Å². The summed E-state index contributed by atoms with van der Waals surface area (Å²) in [6.45, 7) is 4.34. The molecule has 0 amide bonds. The Morgan fingerprint density at radius 3 is 2.14 bits per heavy atom. The molecule has 0 saturated carbocycles. The maximum absolute atomic E-state index is 6.06. The average Bonchev–Trinajstić information content (AvgIpc) is 3.26. The van der Waals surface area contributed by atoms with E-state index >= 15 is 0 Å². The van der Waals surface area contributed by atoms with Crippen LogP contribution in [0.2, 0.25) is 0 Å². The summed E-state index contributed by atoms with van der Waals surface area (Å²) in [5, 5.41) is 2.49. The number of aromatic nitrogens is 1. The number of benzene rings is 5. The first-order valence-electron chi connectivity index (χ1n) is 11.9. The van der Waals surface area contributed by atoms with E-state index in [4.69, 9.17) is 4.74 Å². The van der Waals surface area contributed by atoms with Crippen molar-refractivity contribution in [1.82, 2.24) is 4.57 Å². The minimum Gasteiger partial charge on any atom is -0.489 e. The Hall–Kier alpha value is -4.08. The van der Waals surface area contributed by atoms with Crippen molar-refractivity contribution in [2.45, 2.75) is 6.61 Å². The van der Waals surface area contributed by atoms with Gasteiger partial charge in [-0.1, -0.05) is 95.3 Å². The summed E-state index contributed by atoms with van der Waals surface area (Å²) in [6.07, 6.45) is 1.85. The van der Waals surface area contributed by atoms with Gasteiger partial charge in [-0.05, 0) is 70.8 Å². The van der Waals surface area contributed by atoms with Crippen molar-refractivity contribution in [2.75, 3.05) is 0 Å². The van der Waals surface area contributed by atoms with Crippen LogP contribution in [-0.4, -0.2) is 4.57 Å². The number of hydrogen-bond donors (Lipinski definition) is 0. The molecule has 0 spiro atoms. The Labute approximate surface area is 219 Å². The summed E-state index contributed by atoms with van der Waals surface area (Å²) >= 11 is 3.54. The molecule has 5 aromatic carbocycles. The molecule has 0 atom stereocenters. The van der Waals surface area contributed by atoms with Crippen LogP contribution in [0.3, 0.4) is 0 Å². The van der Waals surface area contributed by atoms with Gasteiger partial charge in [0.15, 0.2) is 0 Å². The first kappa shape index (κ1) is 22.4. The summed E-state index contributed by atoms with van der Waals surface area (Å²) < 4.78 is 9.48. The second kappa shape index (κ2) is 9.52. The quantitative estimate of drug-likeness (QED) is 0.209. The van der Waals surface area contributed by atoms with E-state index in [0.717, 1.165) is 27.0 Å². The minimum absolute atomic E-state index is 0.530. The van der Waals surface area contributed by atoms with Crippen molar-refractivity contribution in [3.8, 4) is 22.6 Å². The van der Waals surface area contributed by atoms with Gasteiger partial charge in [0.25, 0.3) is 0 Å². The van der Waals surface area contributed by atoms with Gasteiger partial charge in [0.05, 0.1) is 11.0 Å². The fourth-order valence-corrected chi connectivity index (χ4v) is 4.94. The molecular formula is C33H24BrNO. The van der Waals surface area contributed by atoms with E-state index in [1.54, 1.807) is 0 Å². The molecule has 2 nitrogen and oxygen atoms in total. The summed E-state index contributed by atoms with van der Waals surface area (Å²) in [5.41, 5.74) is 8.12. The van der Waals surface area contributed by atoms with Crippen molar-refractivity contribution >= 4 is 43.8 Å². The first-order chi connectivity index (χ1) is 17.7. The smallest absolute Gasteiger partial charge is 0.119 e. The fourth-order valence-electron chi connectivity index (χ4n) is 4.68. The molecule has 174 valence electrons. The third-order valence-corrected chi connectivity index (χ3v) is 7.10. The van der Waals surface area contributed by atoms with Gasteiger partial charge in [0, 0.05) is 20.9 Å². The second-order valence-corrected chi connectivity index (χ2v) is 9.74. The molecular weight excluding hydrogens is 506 g/mol. The third-order valence-electron chi connectivity index (χ3n) is 6.57. The number of hydrogen-bond acceptors (Lipinski definition) is 1. The highest BCUT2D eigenvalue weighted by molar-refractivity contribution is 9.10. The van der Waals surface area contributed by atoms with Gasteiger partial charge in [-0.3, -0.25) is 0 Å². The van der Waals surface area contributed by atoms with Gasteiger partial charge < -0.3 is 9.30 Å². The lowest BCUT2D eigenvalue weighted by atomic mass is 10.0. The maximum atomic E-state index is 6.06.